The van der Waals surface area contributed by atoms with Crippen LogP contribution in [0.5, 0.6) is 0 Å². The molecule has 3 rings (SSSR count). The van der Waals surface area contributed by atoms with Gasteiger partial charge in [0.25, 0.3) is 5.91 Å². The van der Waals surface area contributed by atoms with Crippen molar-refractivity contribution in [1.82, 2.24) is 20.6 Å². The molecule has 1 aromatic heterocycles. The number of hydrogen-bond donors (Lipinski definition) is 5. The number of amides is 2. The average Bonchev–Trinajstić information content (AvgIpc) is 2.89. The van der Waals surface area contributed by atoms with Crippen LogP contribution in [0, 0.1) is 18.2 Å². The molecule has 0 aliphatic heterocycles. The van der Waals surface area contributed by atoms with Crippen molar-refractivity contribution in [3.05, 3.63) is 78.2 Å². The maximum absolute atomic E-state index is 13.9. The van der Waals surface area contributed by atoms with E-state index < -0.39 is 47.2 Å². The number of nitrogens with zero attached hydrogens (tertiary/aromatic N) is 2. The number of aromatic nitrogens is 2. The number of carbonyl (C=O) groups is 3. The molecule has 0 aliphatic carbocycles. The van der Waals surface area contributed by atoms with Gasteiger partial charge >= 0.3 is 5.97 Å². The van der Waals surface area contributed by atoms with E-state index in [1.165, 1.54) is 18.3 Å². The topological polar surface area (TPSA) is 168 Å². The lowest BCUT2D eigenvalue weighted by molar-refractivity contribution is -0.138. The number of carboxylic acids is 1. The Kier molecular flexibility index (Phi) is 10.6. The number of halogens is 1. The van der Waals surface area contributed by atoms with Crippen molar-refractivity contribution in [2.24, 2.45) is 11.7 Å². The predicted octanol–water partition coefficient (Wildman–Crippen LogP) is 2.40. The second-order valence-corrected chi connectivity index (χ2v) is 10.4. The lowest BCUT2D eigenvalue weighted by Crippen LogP contribution is -2.46. The second-order valence-electron chi connectivity index (χ2n) is 10.4. The Labute approximate surface area is 232 Å². The van der Waals surface area contributed by atoms with E-state index >= 15 is 0 Å². The molecule has 1 heterocycles. The Morgan fingerprint density at radius 2 is 1.85 bits per heavy atom. The number of nitrogens with two attached hydrogens (primary N) is 1. The minimum absolute atomic E-state index is 0.0757. The molecule has 11 heteroatoms. The Hall–Kier alpha value is -3.96. The van der Waals surface area contributed by atoms with Crippen molar-refractivity contribution in [2.75, 3.05) is 6.54 Å². The van der Waals surface area contributed by atoms with Gasteiger partial charge < -0.3 is 26.6 Å². The molecule has 40 heavy (non-hydrogen) atoms. The van der Waals surface area contributed by atoms with Crippen LogP contribution in [0.15, 0.2) is 54.7 Å². The van der Waals surface area contributed by atoms with Crippen LogP contribution in [0.25, 0.3) is 11.0 Å². The molecule has 0 bridgehead atoms. The number of aliphatic carboxylic acids is 1. The number of fused-ring (bicyclic) bond motifs is 1. The number of carboxylic acid groups (broad SMARTS) is 1. The third-order valence-corrected chi connectivity index (χ3v) is 6.26. The number of aliphatic hydroxyl groups is 1. The van der Waals surface area contributed by atoms with Gasteiger partial charge in [0.2, 0.25) is 5.91 Å². The van der Waals surface area contributed by atoms with Crippen molar-refractivity contribution >= 4 is 28.8 Å². The lowest BCUT2D eigenvalue weighted by Gasteiger charge is -2.25. The van der Waals surface area contributed by atoms with Gasteiger partial charge in [0, 0.05) is 18.5 Å². The van der Waals surface area contributed by atoms with Crippen molar-refractivity contribution in [3.8, 4) is 0 Å². The van der Waals surface area contributed by atoms with Crippen LogP contribution in [0.1, 0.15) is 49.2 Å². The van der Waals surface area contributed by atoms with Gasteiger partial charge in [0.15, 0.2) is 0 Å². The minimum Gasteiger partial charge on any atom is -0.480 e. The Morgan fingerprint density at radius 3 is 2.52 bits per heavy atom. The Balaban J connectivity index is 1.83. The van der Waals surface area contributed by atoms with Gasteiger partial charge in [-0.05, 0) is 75.8 Å². The molecule has 0 saturated heterocycles. The molecule has 2 amide bonds. The highest BCUT2D eigenvalue weighted by Crippen LogP contribution is 2.21. The summed E-state index contributed by atoms with van der Waals surface area (Å²) in [7, 11) is 0. The summed E-state index contributed by atoms with van der Waals surface area (Å²) in [6.07, 6.45) is 4.37. The molecule has 0 fully saturated rings. The zero-order valence-electron chi connectivity index (χ0n) is 22.5. The molecule has 0 spiro atoms. The van der Waals surface area contributed by atoms with Gasteiger partial charge in [-0.1, -0.05) is 24.3 Å². The van der Waals surface area contributed by atoms with Crippen molar-refractivity contribution in [2.45, 2.75) is 57.2 Å². The summed E-state index contributed by atoms with van der Waals surface area (Å²) >= 11 is 0. The number of rotatable bonds is 14. The average molecular weight is 553 g/mol. The Morgan fingerprint density at radius 1 is 1.12 bits per heavy atom. The number of benzene rings is 2. The zero-order chi connectivity index (χ0) is 29.3. The molecule has 213 valence electrons. The molecular formula is C29H35FN5O5. The summed E-state index contributed by atoms with van der Waals surface area (Å²) in [5.41, 5.74) is 6.44. The van der Waals surface area contributed by atoms with E-state index in [0.29, 0.717) is 35.9 Å². The van der Waals surface area contributed by atoms with Gasteiger partial charge in [0.1, 0.15) is 17.6 Å². The zero-order valence-corrected chi connectivity index (χ0v) is 22.5. The van der Waals surface area contributed by atoms with Crippen LogP contribution < -0.4 is 16.4 Å². The van der Waals surface area contributed by atoms with Gasteiger partial charge in [-0.3, -0.25) is 19.4 Å². The largest absolute Gasteiger partial charge is 0.480 e. The van der Waals surface area contributed by atoms with Crippen molar-refractivity contribution in [1.29, 1.82) is 0 Å². The van der Waals surface area contributed by atoms with Crippen LogP contribution in [0.4, 0.5) is 4.39 Å². The quantitative estimate of drug-likeness (QED) is 0.203. The van der Waals surface area contributed by atoms with E-state index in [-0.39, 0.29) is 18.7 Å². The highest BCUT2D eigenvalue weighted by Gasteiger charge is 2.27. The van der Waals surface area contributed by atoms with E-state index in [0.717, 1.165) is 0 Å². The number of nitrogens with one attached hydrogen (secondary N) is 2. The van der Waals surface area contributed by atoms with Crippen LogP contribution >= 0.6 is 0 Å². The fourth-order valence-electron chi connectivity index (χ4n) is 4.17. The van der Waals surface area contributed by atoms with E-state index in [4.69, 9.17) is 10.8 Å². The smallest absolute Gasteiger partial charge is 0.322 e. The molecular weight excluding hydrogens is 517 g/mol. The maximum atomic E-state index is 13.9. The highest BCUT2D eigenvalue weighted by molar-refractivity contribution is 5.94. The first-order valence-corrected chi connectivity index (χ1v) is 13.0. The van der Waals surface area contributed by atoms with Crippen molar-refractivity contribution in [3.63, 3.8) is 0 Å². The molecule has 0 saturated carbocycles. The van der Waals surface area contributed by atoms with E-state index in [9.17, 15) is 23.9 Å². The summed E-state index contributed by atoms with van der Waals surface area (Å²) in [5, 5.41) is 24.6. The lowest BCUT2D eigenvalue weighted by atomic mass is 9.88. The summed E-state index contributed by atoms with van der Waals surface area (Å²) < 4.78 is 13.9. The van der Waals surface area contributed by atoms with Crippen LogP contribution in [0.3, 0.4) is 0 Å². The van der Waals surface area contributed by atoms with E-state index in [1.807, 2.05) is 6.07 Å². The normalized spacial score (nSPS) is 13.8. The van der Waals surface area contributed by atoms with Crippen LogP contribution in [-0.4, -0.2) is 62.2 Å². The monoisotopic (exact) mass is 552 g/mol. The van der Waals surface area contributed by atoms with E-state index in [2.05, 4.69) is 20.6 Å². The first kappa shape index (κ1) is 30.6. The van der Waals surface area contributed by atoms with Gasteiger partial charge in [-0.25, -0.2) is 9.37 Å². The van der Waals surface area contributed by atoms with E-state index in [1.54, 1.807) is 50.6 Å². The first-order chi connectivity index (χ1) is 18.9. The fourth-order valence-corrected chi connectivity index (χ4v) is 4.17. The molecule has 2 aromatic carbocycles. The first-order valence-electron chi connectivity index (χ1n) is 13.0. The fraction of sp³-hybridized carbons (Fsp3) is 0.379. The van der Waals surface area contributed by atoms with Gasteiger partial charge in [0.05, 0.1) is 22.8 Å². The SMILES string of the molecule is CC(C)(O)CCC[C@H]([CH][C@@H](Cc1cccc(F)c1)NC(=O)c1cnc2ccccc2n1)C(=O)NCC(N)C(=O)O. The third-order valence-electron chi connectivity index (χ3n) is 6.26. The molecule has 3 aromatic rings. The maximum Gasteiger partial charge on any atom is 0.322 e. The summed E-state index contributed by atoms with van der Waals surface area (Å²) in [6.45, 7) is 3.04. The molecule has 3 atom stereocenters. The van der Waals surface area contributed by atoms with Crippen LogP contribution in [-0.2, 0) is 16.0 Å². The summed E-state index contributed by atoms with van der Waals surface area (Å²) in [6, 6.07) is 11.0. The second kappa shape index (κ2) is 13.9. The molecule has 0 aliphatic rings. The molecule has 6 N–H and O–H groups in total. The molecule has 10 nitrogen and oxygen atoms in total. The Bertz CT molecular complexity index is 1330. The number of para-hydroxylation sites is 2. The van der Waals surface area contributed by atoms with Crippen LogP contribution in [0.2, 0.25) is 0 Å². The van der Waals surface area contributed by atoms with Gasteiger partial charge in [-0.2, -0.15) is 0 Å². The highest BCUT2D eigenvalue weighted by atomic mass is 19.1. The predicted molar refractivity (Wildman–Crippen MR) is 147 cm³/mol. The summed E-state index contributed by atoms with van der Waals surface area (Å²) in [5.74, 6) is -3.47. The van der Waals surface area contributed by atoms with Crippen molar-refractivity contribution < 1.29 is 29.0 Å². The van der Waals surface area contributed by atoms with Gasteiger partial charge in [-0.15, -0.1) is 0 Å². The minimum atomic E-state index is -1.28. The number of carbonyl (C=O) groups excluding carboxylic acids is 2. The molecule has 1 radical (unpaired) electrons. The standard InChI is InChI=1S/C29H35FN5O5/c1-29(2,40)12-6-8-19(26(36)33-16-22(31)28(38)39)15-21(14-18-7-5-9-20(30)13-18)34-27(37)25-17-32-23-10-3-4-11-24(23)35-25/h3-5,7,9-11,13,15,17,19,21-22,40H,6,8,12,14,16,31H2,1-2H3,(H,33,36)(H,34,37)(H,38,39)/t19-,21-,22?/m1/s1. The third kappa shape index (κ3) is 9.65. The summed E-state index contributed by atoms with van der Waals surface area (Å²) in [4.78, 5) is 46.1. The number of hydrogen-bond acceptors (Lipinski definition) is 7. The molecule has 1 unspecified atom stereocenters.